The van der Waals surface area contributed by atoms with Gasteiger partial charge in [-0.2, -0.15) is 0 Å². The first-order valence-electron chi connectivity index (χ1n) is 9.69. The minimum absolute atomic E-state index is 0.355. The molecule has 2 N–H and O–H groups in total. The van der Waals surface area contributed by atoms with Crippen LogP contribution in [0.2, 0.25) is 0 Å². The molecule has 4 rings (SSSR count). The van der Waals surface area contributed by atoms with Crippen LogP contribution in [0.5, 0.6) is 0 Å². The first kappa shape index (κ1) is 19.8. The first-order chi connectivity index (χ1) is 14.6. The minimum Gasteiger partial charge on any atom is -0.378 e. The average Bonchev–Trinajstić information content (AvgIpc) is 2.77. The fraction of sp³-hybridized carbons (Fsp3) is 0.227. The highest BCUT2D eigenvalue weighted by Crippen LogP contribution is 2.24. The molecule has 0 atom stereocenters. The van der Waals surface area contributed by atoms with E-state index in [-0.39, 0.29) is 5.82 Å². The Bertz CT molecular complexity index is 1020. The molecular weight excluding hydrogens is 385 g/mol. The highest BCUT2D eigenvalue weighted by molar-refractivity contribution is 5.99. The molecule has 154 valence electrons. The lowest BCUT2D eigenvalue weighted by Crippen LogP contribution is -2.37. The molecule has 0 spiro atoms. The molecule has 1 aliphatic rings. The molecule has 0 unspecified atom stereocenters. The van der Waals surface area contributed by atoms with Crippen molar-refractivity contribution < 1.29 is 13.9 Å². The zero-order chi connectivity index (χ0) is 20.9. The summed E-state index contributed by atoms with van der Waals surface area (Å²) in [6, 6.07) is 12.5. The number of benzene rings is 2. The van der Waals surface area contributed by atoms with Crippen LogP contribution >= 0.6 is 0 Å². The van der Waals surface area contributed by atoms with Gasteiger partial charge in [0.15, 0.2) is 5.82 Å². The maximum atomic E-state index is 13.0. The van der Waals surface area contributed by atoms with Crippen molar-refractivity contribution in [3.05, 3.63) is 66.1 Å². The third-order valence-corrected chi connectivity index (χ3v) is 4.76. The lowest BCUT2D eigenvalue weighted by molar-refractivity contribution is 0.122. The van der Waals surface area contributed by atoms with Crippen molar-refractivity contribution in [2.75, 3.05) is 41.8 Å². The molecule has 1 saturated heterocycles. The van der Waals surface area contributed by atoms with Gasteiger partial charge in [-0.05, 0) is 55.5 Å². The second-order valence-electron chi connectivity index (χ2n) is 6.96. The number of hydrogen-bond acceptors (Lipinski definition) is 5. The van der Waals surface area contributed by atoms with Gasteiger partial charge in [-0.25, -0.2) is 19.2 Å². The number of aromatic nitrogens is 2. The third kappa shape index (κ3) is 4.72. The monoisotopic (exact) mass is 407 g/mol. The molecule has 0 bridgehead atoms. The van der Waals surface area contributed by atoms with Crippen LogP contribution in [0.25, 0.3) is 11.4 Å². The van der Waals surface area contributed by atoms with Crippen LogP contribution in [0.15, 0.2) is 54.7 Å². The van der Waals surface area contributed by atoms with E-state index in [0.29, 0.717) is 30.4 Å². The maximum absolute atomic E-state index is 13.0. The Morgan fingerprint density at radius 3 is 2.23 bits per heavy atom. The Kier molecular flexibility index (Phi) is 5.85. The summed E-state index contributed by atoms with van der Waals surface area (Å²) in [5.74, 6) is 1.19. The average molecular weight is 407 g/mol. The molecule has 0 aliphatic carbocycles. The zero-order valence-electron chi connectivity index (χ0n) is 16.6. The Morgan fingerprint density at radius 2 is 1.60 bits per heavy atom. The van der Waals surface area contributed by atoms with Crippen molar-refractivity contribution in [3.63, 3.8) is 0 Å². The van der Waals surface area contributed by atoms with Crippen molar-refractivity contribution in [2.45, 2.75) is 6.92 Å². The number of halogens is 1. The standard InChI is InChI=1S/C22H22FN5O2/c1-15-14-24-20(27-21(15)28-10-12-30-13-11-28)16-2-6-18(7-3-16)25-22(29)26-19-8-4-17(23)5-9-19/h2-9,14H,10-13H2,1H3,(H2,25,26,29). The Hall–Kier alpha value is -3.52. The normalized spacial score (nSPS) is 13.7. The predicted octanol–water partition coefficient (Wildman–Crippen LogP) is 4.07. The first-order valence-corrected chi connectivity index (χ1v) is 9.69. The molecule has 2 amide bonds. The number of rotatable bonds is 4. The van der Waals surface area contributed by atoms with E-state index in [9.17, 15) is 9.18 Å². The van der Waals surface area contributed by atoms with E-state index in [1.807, 2.05) is 25.3 Å². The summed E-state index contributed by atoms with van der Waals surface area (Å²) in [6.45, 7) is 5.01. The molecule has 0 saturated carbocycles. The summed E-state index contributed by atoms with van der Waals surface area (Å²) in [5.41, 5.74) is 3.01. The summed E-state index contributed by atoms with van der Waals surface area (Å²) in [4.78, 5) is 23.5. The number of urea groups is 1. The summed E-state index contributed by atoms with van der Waals surface area (Å²) in [7, 11) is 0. The molecule has 30 heavy (non-hydrogen) atoms. The molecule has 1 fully saturated rings. The third-order valence-electron chi connectivity index (χ3n) is 4.76. The van der Waals surface area contributed by atoms with E-state index in [2.05, 4.69) is 20.5 Å². The number of amides is 2. The number of anilines is 3. The maximum Gasteiger partial charge on any atom is 0.323 e. The Labute approximate surface area is 173 Å². The number of hydrogen-bond donors (Lipinski definition) is 2. The van der Waals surface area contributed by atoms with Crippen LogP contribution in [0.1, 0.15) is 5.56 Å². The van der Waals surface area contributed by atoms with Crippen LogP contribution in [-0.4, -0.2) is 42.3 Å². The summed E-state index contributed by atoms with van der Waals surface area (Å²) >= 11 is 0. The van der Waals surface area contributed by atoms with Gasteiger partial charge in [0.1, 0.15) is 11.6 Å². The van der Waals surface area contributed by atoms with Crippen LogP contribution < -0.4 is 15.5 Å². The summed E-state index contributed by atoms with van der Waals surface area (Å²) in [6.07, 6.45) is 1.83. The van der Waals surface area contributed by atoms with Gasteiger partial charge in [-0.3, -0.25) is 0 Å². The summed E-state index contributed by atoms with van der Waals surface area (Å²) < 4.78 is 18.4. The lowest BCUT2D eigenvalue weighted by atomic mass is 10.2. The number of nitrogens with zero attached hydrogens (tertiary/aromatic N) is 3. The Balaban J connectivity index is 1.44. The highest BCUT2D eigenvalue weighted by Gasteiger charge is 2.16. The molecule has 2 aromatic carbocycles. The SMILES string of the molecule is Cc1cnc(-c2ccc(NC(=O)Nc3ccc(F)cc3)cc2)nc1N1CCOCC1. The van der Waals surface area contributed by atoms with Gasteiger partial charge >= 0.3 is 6.03 Å². The van der Waals surface area contributed by atoms with E-state index in [1.54, 1.807) is 12.1 Å². The fourth-order valence-corrected chi connectivity index (χ4v) is 3.20. The largest absolute Gasteiger partial charge is 0.378 e. The van der Waals surface area contributed by atoms with Gasteiger partial charge in [0.05, 0.1) is 13.2 Å². The molecular formula is C22H22FN5O2. The van der Waals surface area contributed by atoms with Crippen molar-refractivity contribution in [2.24, 2.45) is 0 Å². The predicted molar refractivity (Wildman–Crippen MR) is 114 cm³/mol. The molecule has 8 heteroatoms. The van der Waals surface area contributed by atoms with Gasteiger partial charge in [0.2, 0.25) is 0 Å². The molecule has 1 aliphatic heterocycles. The smallest absolute Gasteiger partial charge is 0.323 e. The number of aryl methyl sites for hydroxylation is 1. The number of ether oxygens (including phenoxy) is 1. The minimum atomic E-state index is -0.407. The number of morpholine rings is 1. The van der Waals surface area contributed by atoms with Gasteiger partial charge < -0.3 is 20.3 Å². The van der Waals surface area contributed by atoms with Crippen LogP contribution in [-0.2, 0) is 4.74 Å². The van der Waals surface area contributed by atoms with E-state index in [0.717, 1.165) is 30.0 Å². The van der Waals surface area contributed by atoms with E-state index < -0.39 is 6.03 Å². The van der Waals surface area contributed by atoms with Crippen molar-refractivity contribution in [1.82, 2.24) is 9.97 Å². The van der Waals surface area contributed by atoms with Gasteiger partial charge in [0, 0.05) is 41.8 Å². The second kappa shape index (κ2) is 8.87. The number of nitrogens with one attached hydrogen (secondary N) is 2. The van der Waals surface area contributed by atoms with Crippen LogP contribution in [0, 0.1) is 12.7 Å². The van der Waals surface area contributed by atoms with E-state index in [1.165, 1.54) is 24.3 Å². The van der Waals surface area contributed by atoms with Gasteiger partial charge in [-0.15, -0.1) is 0 Å². The molecule has 3 aromatic rings. The second-order valence-corrected chi connectivity index (χ2v) is 6.96. The molecule has 1 aromatic heterocycles. The highest BCUT2D eigenvalue weighted by atomic mass is 19.1. The molecule has 7 nitrogen and oxygen atoms in total. The lowest BCUT2D eigenvalue weighted by Gasteiger charge is -2.29. The van der Waals surface area contributed by atoms with Crippen LogP contribution in [0.3, 0.4) is 0 Å². The molecule has 0 radical (unpaired) electrons. The number of carbonyl (C=O) groups excluding carboxylic acids is 1. The van der Waals surface area contributed by atoms with Crippen LogP contribution in [0.4, 0.5) is 26.4 Å². The van der Waals surface area contributed by atoms with Gasteiger partial charge in [-0.1, -0.05) is 0 Å². The molecule has 2 heterocycles. The van der Waals surface area contributed by atoms with Crippen molar-refractivity contribution in [1.29, 1.82) is 0 Å². The zero-order valence-corrected chi connectivity index (χ0v) is 16.6. The van der Waals surface area contributed by atoms with Crippen molar-refractivity contribution in [3.8, 4) is 11.4 Å². The fourth-order valence-electron chi connectivity index (χ4n) is 3.20. The van der Waals surface area contributed by atoms with E-state index >= 15 is 0 Å². The Morgan fingerprint density at radius 1 is 1.00 bits per heavy atom. The van der Waals surface area contributed by atoms with Gasteiger partial charge in [0.25, 0.3) is 0 Å². The number of carbonyl (C=O) groups is 1. The quantitative estimate of drug-likeness (QED) is 0.682. The van der Waals surface area contributed by atoms with Crippen molar-refractivity contribution >= 4 is 23.2 Å². The topological polar surface area (TPSA) is 79.4 Å². The summed E-state index contributed by atoms with van der Waals surface area (Å²) in [5, 5.41) is 5.41. The van der Waals surface area contributed by atoms with E-state index in [4.69, 9.17) is 9.72 Å².